The van der Waals surface area contributed by atoms with Crippen LogP contribution < -0.4 is 5.32 Å². The van der Waals surface area contributed by atoms with Gasteiger partial charge >= 0.3 is 0 Å². The number of hydrogen-bond acceptors (Lipinski definition) is 3. The van der Waals surface area contributed by atoms with Crippen LogP contribution in [0.5, 0.6) is 0 Å². The van der Waals surface area contributed by atoms with E-state index >= 15 is 0 Å². The van der Waals surface area contributed by atoms with Crippen molar-refractivity contribution in [3.8, 4) is 12.3 Å². The summed E-state index contributed by atoms with van der Waals surface area (Å²) in [6, 6.07) is 0. The van der Waals surface area contributed by atoms with Crippen molar-refractivity contribution in [1.29, 1.82) is 0 Å². The third kappa shape index (κ3) is 3.24. The van der Waals surface area contributed by atoms with Gasteiger partial charge in [-0.05, 0) is 12.8 Å². The molecule has 0 radical (unpaired) electrons. The highest BCUT2D eigenvalue weighted by atomic mass is 32.2. The zero-order chi connectivity index (χ0) is 11.3. The first-order chi connectivity index (χ1) is 7.08. The summed E-state index contributed by atoms with van der Waals surface area (Å²) in [5.74, 6) is 2.11. The largest absolute Gasteiger partial charge is 0.354 e. The number of terminal acetylenes is 1. The van der Waals surface area contributed by atoms with Crippen molar-refractivity contribution in [3.05, 3.63) is 0 Å². The van der Waals surface area contributed by atoms with Gasteiger partial charge in [0.15, 0.2) is 9.84 Å². The molecular weight excluding hydrogens is 214 g/mol. The Labute approximate surface area is 90.4 Å². The van der Waals surface area contributed by atoms with Crippen molar-refractivity contribution in [3.63, 3.8) is 0 Å². The van der Waals surface area contributed by atoms with Gasteiger partial charge in [-0.15, -0.1) is 12.3 Å². The minimum atomic E-state index is -3.22. The molecule has 0 aromatic heterocycles. The summed E-state index contributed by atoms with van der Waals surface area (Å²) in [5.41, 5.74) is 0. The fourth-order valence-corrected chi connectivity index (χ4v) is 3.45. The van der Waals surface area contributed by atoms with Crippen LogP contribution in [0.25, 0.3) is 0 Å². The number of carbonyl (C=O) groups excluding carboxylic acids is 1. The maximum absolute atomic E-state index is 11.6. The van der Waals surface area contributed by atoms with Gasteiger partial charge in [-0.25, -0.2) is 8.42 Å². The molecule has 1 N–H and O–H groups in total. The SMILES string of the molecule is C#CCCNC(=O)C1CCCCS1(=O)=O. The van der Waals surface area contributed by atoms with Crippen LogP contribution in [0.3, 0.4) is 0 Å². The third-order valence-electron chi connectivity index (χ3n) is 2.44. The summed E-state index contributed by atoms with van der Waals surface area (Å²) >= 11 is 0. The second-order valence-electron chi connectivity index (χ2n) is 3.60. The predicted octanol–water partition coefficient (Wildman–Crippen LogP) is 0.0932. The van der Waals surface area contributed by atoms with Crippen molar-refractivity contribution in [1.82, 2.24) is 5.32 Å². The van der Waals surface area contributed by atoms with Gasteiger partial charge in [0.1, 0.15) is 5.25 Å². The van der Waals surface area contributed by atoms with Crippen molar-refractivity contribution in [2.24, 2.45) is 0 Å². The summed E-state index contributed by atoms with van der Waals surface area (Å²) in [6.07, 6.45) is 7.35. The molecule has 84 valence electrons. The molecule has 0 spiro atoms. The fourth-order valence-electron chi connectivity index (χ4n) is 1.62. The zero-order valence-corrected chi connectivity index (χ0v) is 9.35. The lowest BCUT2D eigenvalue weighted by atomic mass is 10.2. The molecule has 0 saturated carbocycles. The monoisotopic (exact) mass is 229 g/mol. The molecule has 1 aliphatic rings. The van der Waals surface area contributed by atoms with Crippen molar-refractivity contribution in [2.75, 3.05) is 12.3 Å². The van der Waals surface area contributed by atoms with E-state index in [9.17, 15) is 13.2 Å². The quantitative estimate of drug-likeness (QED) is 0.551. The smallest absolute Gasteiger partial charge is 0.238 e. The van der Waals surface area contributed by atoms with Crippen LogP contribution in [0, 0.1) is 12.3 Å². The van der Waals surface area contributed by atoms with E-state index in [1.54, 1.807) is 0 Å². The molecule has 1 aliphatic heterocycles. The maximum atomic E-state index is 11.6. The summed E-state index contributed by atoms with van der Waals surface area (Å²) in [7, 11) is -3.22. The third-order valence-corrected chi connectivity index (χ3v) is 4.61. The Morgan fingerprint density at radius 3 is 2.80 bits per heavy atom. The molecule has 5 heteroatoms. The first-order valence-electron chi connectivity index (χ1n) is 5.00. The highest BCUT2D eigenvalue weighted by molar-refractivity contribution is 7.92. The first-order valence-corrected chi connectivity index (χ1v) is 6.72. The summed E-state index contributed by atoms with van der Waals surface area (Å²) < 4.78 is 23.1. The molecule has 1 saturated heterocycles. The molecule has 0 aliphatic carbocycles. The van der Waals surface area contributed by atoms with E-state index in [1.807, 2.05) is 0 Å². The normalized spacial score (nSPS) is 24.1. The molecule has 1 rings (SSSR count). The number of carbonyl (C=O) groups is 1. The minimum absolute atomic E-state index is 0.125. The van der Waals surface area contributed by atoms with Crippen LogP contribution >= 0.6 is 0 Å². The summed E-state index contributed by atoms with van der Waals surface area (Å²) in [5, 5.41) is 1.69. The summed E-state index contributed by atoms with van der Waals surface area (Å²) in [4.78, 5) is 11.5. The Hall–Kier alpha value is -1.02. The lowest BCUT2D eigenvalue weighted by Gasteiger charge is -2.21. The van der Waals surface area contributed by atoms with Gasteiger partial charge < -0.3 is 5.32 Å². The second kappa shape index (κ2) is 5.17. The Morgan fingerprint density at radius 1 is 1.47 bits per heavy atom. The number of sulfone groups is 1. The van der Waals surface area contributed by atoms with Crippen LogP contribution in [-0.2, 0) is 14.6 Å². The van der Waals surface area contributed by atoms with Crippen LogP contribution in [0.15, 0.2) is 0 Å². The average Bonchev–Trinajstić information content (AvgIpc) is 2.17. The van der Waals surface area contributed by atoms with Gasteiger partial charge in [0.25, 0.3) is 0 Å². The highest BCUT2D eigenvalue weighted by Gasteiger charge is 2.34. The van der Waals surface area contributed by atoms with Crippen molar-refractivity contribution < 1.29 is 13.2 Å². The standard InChI is InChI=1S/C10H15NO3S/c1-2-3-7-11-10(12)9-6-4-5-8-15(9,13)14/h1,9H,3-8H2,(H,11,12). The lowest BCUT2D eigenvalue weighted by molar-refractivity contribution is -0.120. The molecular formula is C10H15NO3S. The number of amides is 1. The Morgan fingerprint density at radius 2 is 2.20 bits per heavy atom. The van der Waals surface area contributed by atoms with Gasteiger partial charge in [-0.1, -0.05) is 6.42 Å². The molecule has 1 atom stereocenters. The Bertz CT molecular complexity index is 367. The van der Waals surface area contributed by atoms with Gasteiger partial charge in [0, 0.05) is 13.0 Å². The molecule has 0 aromatic rings. The van der Waals surface area contributed by atoms with E-state index in [-0.39, 0.29) is 5.75 Å². The van der Waals surface area contributed by atoms with Crippen LogP contribution in [0.4, 0.5) is 0 Å². The van der Waals surface area contributed by atoms with E-state index in [0.29, 0.717) is 25.8 Å². The minimum Gasteiger partial charge on any atom is -0.354 e. The zero-order valence-electron chi connectivity index (χ0n) is 8.53. The average molecular weight is 229 g/mol. The van der Waals surface area contributed by atoms with E-state index in [4.69, 9.17) is 6.42 Å². The van der Waals surface area contributed by atoms with E-state index in [0.717, 1.165) is 6.42 Å². The van der Waals surface area contributed by atoms with Gasteiger partial charge in [0.05, 0.1) is 5.75 Å². The molecule has 0 aromatic carbocycles. The topological polar surface area (TPSA) is 63.2 Å². The number of rotatable bonds is 3. The van der Waals surface area contributed by atoms with E-state index in [2.05, 4.69) is 11.2 Å². The molecule has 1 unspecified atom stereocenters. The van der Waals surface area contributed by atoms with Crippen LogP contribution in [-0.4, -0.2) is 31.9 Å². The Balaban J connectivity index is 2.55. The fraction of sp³-hybridized carbons (Fsp3) is 0.700. The lowest BCUT2D eigenvalue weighted by Crippen LogP contribution is -2.43. The molecule has 4 nitrogen and oxygen atoms in total. The highest BCUT2D eigenvalue weighted by Crippen LogP contribution is 2.19. The molecule has 1 heterocycles. The Kier molecular flexibility index (Phi) is 4.15. The first kappa shape index (κ1) is 12.1. The van der Waals surface area contributed by atoms with Crippen molar-refractivity contribution >= 4 is 15.7 Å². The summed E-state index contributed by atoms with van der Waals surface area (Å²) in [6.45, 7) is 0.349. The van der Waals surface area contributed by atoms with Gasteiger partial charge in [-0.3, -0.25) is 4.79 Å². The molecule has 15 heavy (non-hydrogen) atoms. The van der Waals surface area contributed by atoms with Crippen LogP contribution in [0.1, 0.15) is 25.7 Å². The van der Waals surface area contributed by atoms with E-state index in [1.165, 1.54) is 0 Å². The van der Waals surface area contributed by atoms with Gasteiger partial charge in [0.2, 0.25) is 5.91 Å². The van der Waals surface area contributed by atoms with Gasteiger partial charge in [-0.2, -0.15) is 0 Å². The maximum Gasteiger partial charge on any atom is 0.238 e. The van der Waals surface area contributed by atoms with Crippen molar-refractivity contribution in [2.45, 2.75) is 30.9 Å². The molecule has 1 amide bonds. The predicted molar refractivity (Wildman–Crippen MR) is 57.9 cm³/mol. The number of nitrogens with one attached hydrogen (secondary N) is 1. The van der Waals surface area contributed by atoms with Crippen LogP contribution in [0.2, 0.25) is 0 Å². The van der Waals surface area contributed by atoms with E-state index < -0.39 is 21.0 Å². The molecule has 0 bridgehead atoms. The second-order valence-corrected chi connectivity index (χ2v) is 5.90. The number of hydrogen-bond donors (Lipinski definition) is 1. The molecule has 1 fully saturated rings.